The Morgan fingerprint density at radius 1 is 0.960 bits per heavy atom. The lowest BCUT2D eigenvalue weighted by Gasteiger charge is -2.29. The lowest BCUT2D eigenvalue weighted by atomic mass is 10.0. The van der Waals surface area contributed by atoms with E-state index >= 15 is 0 Å². The summed E-state index contributed by atoms with van der Waals surface area (Å²) < 4.78 is 11.2. The molecule has 6 heteroatoms. The second-order valence-electron chi connectivity index (χ2n) is 6.20. The summed E-state index contributed by atoms with van der Waals surface area (Å²) in [5.74, 6) is 2.56. The third kappa shape index (κ3) is 2.46. The highest BCUT2D eigenvalue weighted by Crippen LogP contribution is 2.41. The van der Waals surface area contributed by atoms with Crippen LogP contribution >= 0.6 is 0 Å². The number of hydrogen-bond donors (Lipinski definition) is 1. The van der Waals surface area contributed by atoms with Gasteiger partial charge in [-0.2, -0.15) is 0 Å². The summed E-state index contributed by atoms with van der Waals surface area (Å²) in [6, 6.07) is 10.0. The molecule has 2 aliphatic heterocycles. The maximum absolute atomic E-state index is 5.60. The molecule has 0 amide bonds. The van der Waals surface area contributed by atoms with Crippen molar-refractivity contribution in [1.29, 1.82) is 0 Å². The van der Waals surface area contributed by atoms with E-state index in [4.69, 9.17) is 14.5 Å². The van der Waals surface area contributed by atoms with E-state index in [1.807, 2.05) is 24.4 Å². The molecule has 1 N–H and O–H groups in total. The van der Waals surface area contributed by atoms with Gasteiger partial charge in [-0.1, -0.05) is 6.07 Å². The first-order chi connectivity index (χ1) is 12.4. The van der Waals surface area contributed by atoms with Gasteiger partial charge in [0.15, 0.2) is 11.5 Å². The Morgan fingerprint density at radius 2 is 1.76 bits per heavy atom. The normalized spacial score (nSPS) is 16.4. The van der Waals surface area contributed by atoms with Gasteiger partial charge in [0, 0.05) is 54.9 Å². The molecule has 6 nitrogen and oxygen atoms in total. The van der Waals surface area contributed by atoms with Crippen LogP contribution in [0.1, 0.15) is 0 Å². The molecule has 0 bridgehead atoms. The number of nitrogens with zero attached hydrogens (tertiary/aromatic N) is 3. The first kappa shape index (κ1) is 14.5. The third-order valence-corrected chi connectivity index (χ3v) is 4.72. The number of piperazine rings is 1. The molecule has 1 aromatic carbocycles. The number of fused-ring (bicyclic) bond motifs is 2. The standard InChI is InChI=1S/C19H18N4O2/c1-2-4-21-16(3-1)15-11-22-19(23-7-5-20-6-8-23)14-10-18-17(9-13(14)15)24-12-25-18/h1-4,9-11,20H,5-8,12H2. The highest BCUT2D eigenvalue weighted by Gasteiger charge is 2.22. The lowest BCUT2D eigenvalue weighted by molar-refractivity contribution is 0.174. The summed E-state index contributed by atoms with van der Waals surface area (Å²) >= 11 is 0. The minimum Gasteiger partial charge on any atom is -0.454 e. The van der Waals surface area contributed by atoms with Gasteiger partial charge in [-0.15, -0.1) is 0 Å². The maximum atomic E-state index is 5.60. The van der Waals surface area contributed by atoms with Gasteiger partial charge in [-0.05, 0) is 24.3 Å². The van der Waals surface area contributed by atoms with Crippen molar-refractivity contribution >= 4 is 16.6 Å². The highest BCUT2D eigenvalue weighted by molar-refractivity contribution is 6.03. The number of rotatable bonds is 2. The molecule has 0 saturated carbocycles. The Kier molecular flexibility index (Phi) is 3.41. The summed E-state index contributed by atoms with van der Waals surface area (Å²) in [6.45, 7) is 4.09. The fourth-order valence-corrected chi connectivity index (χ4v) is 3.47. The van der Waals surface area contributed by atoms with Gasteiger partial charge in [-0.3, -0.25) is 4.98 Å². The first-order valence-electron chi connectivity index (χ1n) is 8.49. The predicted octanol–water partition coefficient (Wildman–Crippen LogP) is 2.44. The summed E-state index contributed by atoms with van der Waals surface area (Å²) in [5.41, 5.74) is 1.92. The highest BCUT2D eigenvalue weighted by atomic mass is 16.7. The topological polar surface area (TPSA) is 59.5 Å². The largest absolute Gasteiger partial charge is 0.454 e. The molecule has 0 unspecified atom stereocenters. The second-order valence-corrected chi connectivity index (χ2v) is 6.20. The van der Waals surface area contributed by atoms with E-state index in [0.29, 0.717) is 0 Å². The molecule has 4 heterocycles. The smallest absolute Gasteiger partial charge is 0.231 e. The van der Waals surface area contributed by atoms with Crippen molar-refractivity contribution in [2.45, 2.75) is 0 Å². The molecule has 0 radical (unpaired) electrons. The van der Waals surface area contributed by atoms with Gasteiger partial charge in [0.2, 0.25) is 6.79 Å². The van der Waals surface area contributed by atoms with Gasteiger partial charge < -0.3 is 19.7 Å². The number of hydrogen-bond acceptors (Lipinski definition) is 6. The van der Waals surface area contributed by atoms with Crippen LogP contribution in [-0.4, -0.2) is 42.9 Å². The Balaban J connectivity index is 1.74. The molecule has 2 aromatic heterocycles. The Morgan fingerprint density at radius 3 is 2.52 bits per heavy atom. The van der Waals surface area contributed by atoms with E-state index in [2.05, 4.69) is 27.3 Å². The van der Waals surface area contributed by atoms with Gasteiger partial charge >= 0.3 is 0 Å². The minimum absolute atomic E-state index is 0.265. The number of nitrogens with one attached hydrogen (secondary N) is 1. The van der Waals surface area contributed by atoms with Gasteiger partial charge in [0.05, 0.1) is 5.69 Å². The van der Waals surface area contributed by atoms with Crippen molar-refractivity contribution in [3.8, 4) is 22.8 Å². The summed E-state index contributed by atoms with van der Waals surface area (Å²) in [6.07, 6.45) is 3.72. The number of pyridine rings is 2. The first-order valence-corrected chi connectivity index (χ1v) is 8.49. The van der Waals surface area contributed by atoms with Crippen LogP contribution in [0, 0.1) is 0 Å². The van der Waals surface area contributed by atoms with Gasteiger partial charge in [0.1, 0.15) is 5.82 Å². The molecular formula is C19H18N4O2. The SMILES string of the molecule is c1ccc(-c2cnc(N3CCNCC3)c3cc4c(cc23)OCO4)nc1. The maximum Gasteiger partial charge on any atom is 0.231 e. The fraction of sp³-hybridized carbons (Fsp3) is 0.263. The Labute approximate surface area is 145 Å². The van der Waals surface area contributed by atoms with Crippen LogP contribution < -0.4 is 19.7 Å². The van der Waals surface area contributed by atoms with Gasteiger partial charge in [-0.25, -0.2) is 4.98 Å². The van der Waals surface area contributed by atoms with E-state index in [0.717, 1.165) is 65.5 Å². The van der Waals surface area contributed by atoms with Crippen molar-refractivity contribution in [2.75, 3.05) is 37.9 Å². The molecule has 1 saturated heterocycles. The van der Waals surface area contributed by atoms with Crippen LogP contribution in [0.15, 0.2) is 42.7 Å². The molecule has 2 aliphatic rings. The zero-order valence-corrected chi connectivity index (χ0v) is 13.7. The van der Waals surface area contributed by atoms with Crippen molar-refractivity contribution < 1.29 is 9.47 Å². The van der Waals surface area contributed by atoms with Crippen molar-refractivity contribution in [3.05, 3.63) is 42.7 Å². The Bertz CT molecular complexity index is 924. The van der Waals surface area contributed by atoms with Crippen LogP contribution in [0.25, 0.3) is 22.0 Å². The van der Waals surface area contributed by atoms with Crippen molar-refractivity contribution in [3.63, 3.8) is 0 Å². The predicted molar refractivity (Wildman–Crippen MR) is 96.2 cm³/mol. The minimum atomic E-state index is 0.265. The zero-order valence-electron chi connectivity index (χ0n) is 13.7. The summed E-state index contributed by atoms with van der Waals surface area (Å²) in [4.78, 5) is 11.6. The number of benzene rings is 1. The molecule has 25 heavy (non-hydrogen) atoms. The average molecular weight is 334 g/mol. The van der Waals surface area contributed by atoms with Crippen molar-refractivity contribution in [1.82, 2.24) is 15.3 Å². The van der Waals surface area contributed by atoms with Crippen LogP contribution in [0.2, 0.25) is 0 Å². The number of ether oxygens (including phenoxy) is 2. The van der Waals surface area contributed by atoms with Crippen LogP contribution in [0.3, 0.4) is 0 Å². The summed E-state index contributed by atoms with van der Waals surface area (Å²) in [7, 11) is 0. The molecule has 1 fully saturated rings. The monoisotopic (exact) mass is 334 g/mol. The summed E-state index contributed by atoms with van der Waals surface area (Å²) in [5, 5.41) is 5.55. The van der Waals surface area contributed by atoms with E-state index < -0.39 is 0 Å². The van der Waals surface area contributed by atoms with Crippen LogP contribution in [0.5, 0.6) is 11.5 Å². The Hall–Kier alpha value is -2.86. The lowest BCUT2D eigenvalue weighted by Crippen LogP contribution is -2.44. The molecule has 0 atom stereocenters. The number of aromatic nitrogens is 2. The zero-order chi connectivity index (χ0) is 16.6. The van der Waals surface area contributed by atoms with Gasteiger partial charge in [0.25, 0.3) is 0 Å². The van der Waals surface area contributed by atoms with Crippen LogP contribution in [-0.2, 0) is 0 Å². The average Bonchev–Trinajstić information content (AvgIpc) is 3.14. The van der Waals surface area contributed by atoms with Crippen molar-refractivity contribution in [2.24, 2.45) is 0 Å². The van der Waals surface area contributed by atoms with E-state index in [9.17, 15) is 0 Å². The molecule has 0 spiro atoms. The second kappa shape index (κ2) is 5.89. The third-order valence-electron chi connectivity index (χ3n) is 4.72. The fourth-order valence-electron chi connectivity index (χ4n) is 3.47. The number of anilines is 1. The molecule has 5 rings (SSSR count). The van der Waals surface area contributed by atoms with Crippen LogP contribution in [0.4, 0.5) is 5.82 Å². The molecule has 0 aliphatic carbocycles. The quantitative estimate of drug-likeness (QED) is 0.777. The molecule has 126 valence electrons. The molecule has 3 aromatic rings. The van der Waals surface area contributed by atoms with E-state index in [1.165, 1.54) is 0 Å². The van der Waals surface area contributed by atoms with E-state index in [1.54, 1.807) is 6.20 Å². The molecular weight excluding hydrogens is 316 g/mol. The van der Waals surface area contributed by atoms with E-state index in [-0.39, 0.29) is 6.79 Å².